The van der Waals surface area contributed by atoms with E-state index in [2.05, 4.69) is 44.2 Å². The van der Waals surface area contributed by atoms with E-state index in [1.807, 2.05) is 94.4 Å². The summed E-state index contributed by atoms with van der Waals surface area (Å²) in [5.41, 5.74) is 7.95. The molecular weight excluding hydrogens is 561 g/mol. The third kappa shape index (κ3) is 4.72. The van der Waals surface area contributed by atoms with Crippen LogP contribution in [0.3, 0.4) is 0 Å². The van der Waals surface area contributed by atoms with Crippen molar-refractivity contribution in [2.24, 2.45) is 0 Å². The number of para-hydroxylation sites is 8. The molecule has 0 atom stereocenters. The van der Waals surface area contributed by atoms with Gasteiger partial charge < -0.3 is 19.9 Å². The molecule has 10 heteroatoms. The van der Waals surface area contributed by atoms with Gasteiger partial charge >= 0.3 is 0 Å². The smallest absolute Gasteiger partial charge is 0.118 e. The van der Waals surface area contributed by atoms with Crippen LogP contribution in [0.1, 0.15) is 35.1 Å². The maximum Gasteiger partial charge on any atom is 0.118 e. The van der Waals surface area contributed by atoms with Gasteiger partial charge in [-0.2, -0.15) is 0 Å². The van der Waals surface area contributed by atoms with E-state index in [0.717, 1.165) is 78.9 Å². The van der Waals surface area contributed by atoms with E-state index in [4.69, 9.17) is 19.9 Å². The summed E-state index contributed by atoms with van der Waals surface area (Å²) >= 11 is 0. The Bertz CT molecular complexity index is 1720. The van der Waals surface area contributed by atoms with Gasteiger partial charge in [0.05, 0.1) is 56.0 Å². The fourth-order valence-electron chi connectivity index (χ4n) is 5.36. The molecule has 0 radical (unpaired) electrons. The van der Waals surface area contributed by atoms with Crippen molar-refractivity contribution in [1.29, 1.82) is 0 Å². The largest absolute Gasteiger partial charge is 0.341 e. The van der Waals surface area contributed by atoms with Crippen molar-refractivity contribution >= 4 is 65.7 Å². The zero-order valence-electron chi connectivity index (χ0n) is 22.4. The molecule has 4 heterocycles. The van der Waals surface area contributed by atoms with Crippen LogP contribution in [0.2, 0.25) is 0 Å². The summed E-state index contributed by atoms with van der Waals surface area (Å²) < 4.78 is 0. The summed E-state index contributed by atoms with van der Waals surface area (Å²) in [4.78, 5) is 34.0. The summed E-state index contributed by atoms with van der Waals surface area (Å²) in [7, 11) is 3.63. The van der Waals surface area contributed by atoms with Gasteiger partial charge in [-0.05, 0) is 48.5 Å². The number of H-pyrrole nitrogens is 4. The Hall–Kier alpha value is -4.54. The number of nitrogens with zero attached hydrogens (tertiary/aromatic N) is 4. The minimum Gasteiger partial charge on any atom is -0.341 e. The lowest BCUT2D eigenvalue weighted by Gasteiger charge is -2.14. The number of hydrogen-bond acceptors (Lipinski definition) is 6. The van der Waals surface area contributed by atoms with Crippen LogP contribution < -0.4 is 0 Å². The Balaban J connectivity index is 1.08. The van der Waals surface area contributed by atoms with E-state index in [1.54, 1.807) is 0 Å². The lowest BCUT2D eigenvalue weighted by Crippen LogP contribution is -2.10. The minimum atomic E-state index is -0.0295. The van der Waals surface area contributed by atoms with Gasteiger partial charge in [0.1, 0.15) is 23.3 Å². The van der Waals surface area contributed by atoms with E-state index in [0.29, 0.717) is 0 Å². The molecule has 4 aromatic heterocycles. The first-order valence-electron chi connectivity index (χ1n) is 13.8. The second-order valence-electron chi connectivity index (χ2n) is 10.2. The highest BCUT2D eigenvalue weighted by atomic mass is 33.1. The van der Waals surface area contributed by atoms with Crippen molar-refractivity contribution in [1.82, 2.24) is 39.9 Å². The van der Waals surface area contributed by atoms with Crippen LogP contribution in [0.25, 0.3) is 44.1 Å². The van der Waals surface area contributed by atoms with Gasteiger partial charge in [-0.15, -0.1) is 0 Å². The molecule has 0 amide bonds. The third-order valence-corrected chi connectivity index (χ3v) is 9.93. The first kappa shape index (κ1) is 25.2. The SMILES string of the molecule is c1ccc2[nH]c(C(CSSCC(c3nc4ccccc4[nH]3)c3nc4ccccc4[nH]3)c3nc4ccccc4[nH]3)nc2c1. The molecule has 206 valence electrons. The molecule has 0 bridgehead atoms. The van der Waals surface area contributed by atoms with E-state index < -0.39 is 0 Å². The fourth-order valence-corrected chi connectivity index (χ4v) is 7.85. The normalized spacial score (nSPS) is 12.1. The Kier molecular flexibility index (Phi) is 6.42. The molecule has 8 nitrogen and oxygen atoms in total. The molecule has 0 saturated carbocycles. The summed E-state index contributed by atoms with van der Waals surface area (Å²) in [5, 5.41) is 0. The topological polar surface area (TPSA) is 115 Å². The van der Waals surface area contributed by atoms with Gasteiger partial charge in [-0.1, -0.05) is 70.1 Å². The van der Waals surface area contributed by atoms with Crippen LogP contribution in [0.15, 0.2) is 97.1 Å². The number of aromatic nitrogens is 8. The van der Waals surface area contributed by atoms with Crippen LogP contribution in [-0.2, 0) is 0 Å². The van der Waals surface area contributed by atoms with Gasteiger partial charge in [0, 0.05) is 11.5 Å². The van der Waals surface area contributed by atoms with Crippen LogP contribution >= 0.6 is 21.6 Å². The molecule has 4 N–H and O–H groups in total. The van der Waals surface area contributed by atoms with E-state index in [9.17, 15) is 0 Å². The molecule has 8 aromatic rings. The molecule has 0 saturated heterocycles. The molecule has 0 aliphatic carbocycles. The van der Waals surface area contributed by atoms with Gasteiger partial charge in [-0.25, -0.2) is 19.9 Å². The summed E-state index contributed by atoms with van der Waals surface area (Å²) in [6.07, 6.45) is 0. The molecular formula is C32H26N8S2. The molecule has 4 aromatic carbocycles. The Morgan fingerprint density at radius 1 is 0.405 bits per heavy atom. The second kappa shape index (κ2) is 10.7. The number of fused-ring (bicyclic) bond motifs is 4. The molecule has 8 rings (SSSR count). The molecule has 0 fully saturated rings. The lowest BCUT2D eigenvalue weighted by molar-refractivity contribution is 0.799. The number of benzene rings is 4. The predicted molar refractivity (Wildman–Crippen MR) is 173 cm³/mol. The van der Waals surface area contributed by atoms with Crippen LogP contribution in [0.5, 0.6) is 0 Å². The van der Waals surface area contributed by atoms with Crippen molar-refractivity contribution in [2.75, 3.05) is 11.5 Å². The Morgan fingerprint density at radius 3 is 0.929 bits per heavy atom. The van der Waals surface area contributed by atoms with E-state index in [1.165, 1.54) is 0 Å². The lowest BCUT2D eigenvalue weighted by atomic mass is 10.1. The van der Waals surface area contributed by atoms with Crippen molar-refractivity contribution in [3.8, 4) is 0 Å². The van der Waals surface area contributed by atoms with Crippen LogP contribution in [-0.4, -0.2) is 51.4 Å². The second-order valence-corrected chi connectivity index (χ2v) is 12.8. The molecule has 0 unspecified atom stereocenters. The number of rotatable bonds is 9. The number of nitrogens with one attached hydrogen (secondary N) is 4. The number of aromatic amines is 4. The minimum absolute atomic E-state index is 0.0295. The monoisotopic (exact) mass is 586 g/mol. The number of hydrogen-bond donors (Lipinski definition) is 4. The highest BCUT2D eigenvalue weighted by Gasteiger charge is 2.25. The van der Waals surface area contributed by atoms with E-state index in [-0.39, 0.29) is 11.8 Å². The van der Waals surface area contributed by atoms with Crippen LogP contribution in [0.4, 0.5) is 0 Å². The van der Waals surface area contributed by atoms with Gasteiger partial charge in [0.2, 0.25) is 0 Å². The highest BCUT2D eigenvalue weighted by molar-refractivity contribution is 8.76. The highest BCUT2D eigenvalue weighted by Crippen LogP contribution is 2.37. The standard InChI is InChI=1S/C32H26N8S2/c1-2-10-22-21(9-1)33-29(34-22)19(30-35-23-11-3-4-12-24(23)36-30)17-41-42-18-20(31-37-25-13-5-6-14-26(25)38-31)32-39-27-15-7-8-16-28(27)40-32/h1-16,19-20H,17-18H2,(H,33,34)(H,35,36)(H,37,38)(H,39,40). The third-order valence-electron chi connectivity index (χ3n) is 7.50. The summed E-state index contributed by atoms with van der Waals surface area (Å²) in [6, 6.07) is 32.6. The van der Waals surface area contributed by atoms with Gasteiger partial charge in [-0.3, -0.25) is 0 Å². The average Bonchev–Trinajstić information content (AvgIpc) is 3.82. The predicted octanol–water partition coefficient (Wildman–Crippen LogP) is 7.54. The van der Waals surface area contributed by atoms with Crippen LogP contribution in [0, 0.1) is 0 Å². The quantitative estimate of drug-likeness (QED) is 0.103. The molecule has 42 heavy (non-hydrogen) atoms. The van der Waals surface area contributed by atoms with Gasteiger partial charge in [0.25, 0.3) is 0 Å². The molecule has 0 spiro atoms. The van der Waals surface area contributed by atoms with Gasteiger partial charge in [0.15, 0.2) is 0 Å². The average molecular weight is 587 g/mol. The fraction of sp³-hybridized carbons (Fsp3) is 0.125. The maximum atomic E-state index is 4.95. The molecule has 0 aliphatic rings. The number of imidazole rings is 4. The van der Waals surface area contributed by atoms with Crippen molar-refractivity contribution < 1.29 is 0 Å². The zero-order valence-corrected chi connectivity index (χ0v) is 24.0. The maximum absolute atomic E-state index is 4.95. The zero-order chi connectivity index (χ0) is 27.9. The first-order valence-corrected chi connectivity index (χ1v) is 16.3. The Labute approximate surface area is 248 Å². The Morgan fingerprint density at radius 2 is 0.667 bits per heavy atom. The van der Waals surface area contributed by atoms with E-state index >= 15 is 0 Å². The van der Waals surface area contributed by atoms with Crippen molar-refractivity contribution in [2.45, 2.75) is 11.8 Å². The van der Waals surface area contributed by atoms with Crippen molar-refractivity contribution in [3.05, 3.63) is 120 Å². The van der Waals surface area contributed by atoms with Crippen molar-refractivity contribution in [3.63, 3.8) is 0 Å². The molecule has 0 aliphatic heterocycles. The summed E-state index contributed by atoms with van der Waals surface area (Å²) in [5.74, 6) is 5.17. The summed E-state index contributed by atoms with van der Waals surface area (Å²) in [6.45, 7) is 0. The first-order chi connectivity index (χ1) is 20.8.